The van der Waals surface area contributed by atoms with Gasteiger partial charge in [-0.25, -0.2) is 0 Å². The van der Waals surface area contributed by atoms with Crippen molar-refractivity contribution in [1.82, 2.24) is 0 Å². The molecule has 2 aromatic rings. The fraction of sp³-hybridized carbons (Fsp3) is 0.429. The Hall–Kier alpha value is -1.04. The molecule has 0 atom stereocenters. The number of alkyl halides is 3. The molecule has 0 bridgehead atoms. The Bertz CT molecular complexity index is 609. The smallest absolute Gasteiger partial charge is 0.174 e. The summed E-state index contributed by atoms with van der Waals surface area (Å²) in [6, 6.07) is 18.0. The summed E-state index contributed by atoms with van der Waals surface area (Å²) in [6.07, 6.45) is 0. The molecular formula is C21H27F3I+. The van der Waals surface area contributed by atoms with Crippen LogP contribution in [0.1, 0.15) is 52.7 Å². The van der Waals surface area contributed by atoms with Crippen molar-refractivity contribution >= 4 is 0 Å². The van der Waals surface area contributed by atoms with E-state index in [0.29, 0.717) is 0 Å². The molecule has 2 aromatic carbocycles. The molecule has 0 aliphatic heterocycles. The minimum Gasteiger partial charge on any atom is -0.174 e. The Morgan fingerprint density at radius 2 is 0.920 bits per heavy atom. The number of hydrogen-bond donors (Lipinski definition) is 0. The summed E-state index contributed by atoms with van der Waals surface area (Å²) in [7, 11) is 0. The van der Waals surface area contributed by atoms with E-state index < -0.39 is 6.68 Å². The lowest BCUT2D eigenvalue weighted by Gasteiger charge is -2.20. The molecule has 0 radical (unpaired) electrons. The topological polar surface area (TPSA) is 0 Å². The average Bonchev–Trinajstić information content (AvgIpc) is 2.45. The van der Waals surface area contributed by atoms with Gasteiger partial charge in [-0.2, -0.15) is 13.2 Å². The predicted molar refractivity (Wildman–Crippen MR) is 94.8 cm³/mol. The average molecular weight is 463 g/mol. The third kappa shape index (κ3) is 7.38. The van der Waals surface area contributed by atoms with Gasteiger partial charge >= 0.3 is 27.9 Å². The maximum Gasteiger partial charge on any atom is 0.379 e. The van der Waals surface area contributed by atoms with Crippen molar-refractivity contribution in [2.24, 2.45) is 0 Å². The zero-order valence-electron chi connectivity index (χ0n) is 15.7. The van der Waals surface area contributed by atoms with E-state index in [1.165, 1.54) is 11.1 Å². The molecule has 0 N–H and O–H groups in total. The molecule has 4 heteroatoms. The highest BCUT2D eigenvalue weighted by atomic mass is 127. The lowest BCUT2D eigenvalue weighted by molar-refractivity contribution is -0.599. The quantitative estimate of drug-likeness (QED) is 0.598. The van der Waals surface area contributed by atoms with E-state index in [-0.39, 0.29) is 32.0 Å². The second-order valence-electron chi connectivity index (χ2n) is 7.80. The molecule has 0 aliphatic rings. The van der Waals surface area contributed by atoms with Crippen LogP contribution < -0.4 is 21.2 Å². The first kappa shape index (κ1) is 22.0. The molecule has 25 heavy (non-hydrogen) atoms. The van der Waals surface area contributed by atoms with Crippen LogP contribution >= 0.6 is 0 Å². The first-order chi connectivity index (χ1) is 11.4. The predicted octanol–water partition coefficient (Wildman–Crippen LogP) is 3.59. The van der Waals surface area contributed by atoms with E-state index in [4.69, 9.17) is 0 Å². The fourth-order valence-corrected chi connectivity index (χ4v) is 6.37. The Morgan fingerprint density at radius 1 is 0.640 bits per heavy atom. The van der Waals surface area contributed by atoms with Crippen molar-refractivity contribution in [2.45, 2.75) is 59.1 Å². The van der Waals surface area contributed by atoms with Crippen molar-refractivity contribution in [3.8, 4) is 0 Å². The highest BCUT2D eigenvalue weighted by Gasteiger charge is 2.30. The molecule has 2 rings (SSSR count). The van der Waals surface area contributed by atoms with Gasteiger partial charge in [-0.15, -0.1) is 0 Å². The monoisotopic (exact) mass is 463 g/mol. The van der Waals surface area contributed by atoms with E-state index in [0.717, 1.165) is 0 Å². The number of benzene rings is 2. The highest BCUT2D eigenvalue weighted by Crippen LogP contribution is 2.23. The third-order valence-electron chi connectivity index (χ3n) is 3.57. The van der Waals surface area contributed by atoms with Crippen LogP contribution in [0.4, 0.5) is 13.2 Å². The first-order valence-corrected chi connectivity index (χ1v) is 10.3. The van der Waals surface area contributed by atoms with E-state index in [1.807, 2.05) is 0 Å². The van der Waals surface area contributed by atoms with Gasteiger partial charge in [0.1, 0.15) is 0 Å². The SMILES string of the molecule is CC(C)(C)c1ccccc1[I+]c1ccccc1C(C)(C)C.FC(F)F. The Kier molecular flexibility index (Phi) is 7.97. The van der Waals surface area contributed by atoms with Gasteiger partial charge in [0.15, 0.2) is 7.14 Å². The van der Waals surface area contributed by atoms with Crippen LogP contribution in [0, 0.1) is 7.14 Å². The standard InChI is InChI=1S/C20H26I.CHF3/c1-19(2,3)15-11-7-9-13-17(15)21-18-14-10-8-12-16(18)20(4,5)6;2-1(3)4/h7-14H,1-6H3;1H/q+1;. The van der Waals surface area contributed by atoms with Gasteiger partial charge in [-0.3, -0.25) is 0 Å². The van der Waals surface area contributed by atoms with Crippen LogP contribution in [0.3, 0.4) is 0 Å². The minimum atomic E-state index is -3.67. The normalized spacial score (nSPS) is 11.9. The first-order valence-electron chi connectivity index (χ1n) is 8.19. The van der Waals surface area contributed by atoms with E-state index in [9.17, 15) is 13.2 Å². The summed E-state index contributed by atoms with van der Waals surface area (Å²) < 4.78 is 32.1. The van der Waals surface area contributed by atoms with Gasteiger partial charge in [-0.05, 0) is 23.0 Å². The van der Waals surface area contributed by atoms with Gasteiger partial charge in [0.2, 0.25) is 0 Å². The van der Waals surface area contributed by atoms with Gasteiger partial charge in [-0.1, -0.05) is 77.9 Å². The minimum absolute atomic E-state index is 0.147. The summed E-state index contributed by atoms with van der Waals surface area (Å²) in [5, 5.41) is 0. The summed E-state index contributed by atoms with van der Waals surface area (Å²) in [4.78, 5) is 0. The summed E-state index contributed by atoms with van der Waals surface area (Å²) in [5.74, 6) is 0. The lowest BCUT2D eigenvalue weighted by Crippen LogP contribution is -3.62. The van der Waals surface area contributed by atoms with E-state index >= 15 is 0 Å². The molecule has 0 unspecified atom stereocenters. The molecule has 0 amide bonds. The molecule has 0 spiro atoms. The van der Waals surface area contributed by atoms with E-state index in [2.05, 4.69) is 90.1 Å². The third-order valence-corrected chi connectivity index (χ3v) is 6.61. The van der Waals surface area contributed by atoms with Crippen molar-refractivity contribution in [3.63, 3.8) is 0 Å². The van der Waals surface area contributed by atoms with Crippen molar-refractivity contribution in [3.05, 3.63) is 66.8 Å². The van der Waals surface area contributed by atoms with Crippen LogP contribution in [0.25, 0.3) is 0 Å². The van der Waals surface area contributed by atoms with Crippen LogP contribution in [0.15, 0.2) is 48.5 Å². The van der Waals surface area contributed by atoms with E-state index in [1.54, 1.807) is 7.14 Å². The van der Waals surface area contributed by atoms with Gasteiger partial charge < -0.3 is 0 Å². The number of rotatable bonds is 2. The van der Waals surface area contributed by atoms with Crippen LogP contribution in [0.5, 0.6) is 0 Å². The molecule has 0 aliphatic carbocycles. The summed E-state index contributed by atoms with van der Waals surface area (Å²) in [5.41, 5.74) is 3.43. The molecule has 138 valence electrons. The lowest BCUT2D eigenvalue weighted by atomic mass is 9.87. The molecule has 0 nitrogen and oxygen atoms in total. The molecule has 0 heterocycles. The molecule has 0 aromatic heterocycles. The van der Waals surface area contributed by atoms with Gasteiger partial charge in [0.25, 0.3) is 0 Å². The molecular weight excluding hydrogens is 436 g/mol. The summed E-state index contributed by atoms with van der Waals surface area (Å²) >= 11 is -0.147. The molecule has 0 saturated heterocycles. The van der Waals surface area contributed by atoms with Crippen LogP contribution in [-0.4, -0.2) is 6.68 Å². The van der Waals surface area contributed by atoms with Crippen molar-refractivity contribution in [1.29, 1.82) is 0 Å². The Morgan fingerprint density at radius 3 is 1.20 bits per heavy atom. The fourth-order valence-electron chi connectivity index (χ4n) is 2.41. The second kappa shape index (κ2) is 9.06. The van der Waals surface area contributed by atoms with Gasteiger partial charge in [0, 0.05) is 11.1 Å². The largest absolute Gasteiger partial charge is 0.379 e. The van der Waals surface area contributed by atoms with Crippen LogP contribution in [-0.2, 0) is 10.8 Å². The molecule has 0 fully saturated rings. The van der Waals surface area contributed by atoms with Gasteiger partial charge in [0.05, 0.1) is 0 Å². The Balaban J connectivity index is 0.000000705. The van der Waals surface area contributed by atoms with Crippen LogP contribution in [0.2, 0.25) is 0 Å². The zero-order valence-corrected chi connectivity index (χ0v) is 17.9. The Labute approximate surface area is 160 Å². The highest BCUT2D eigenvalue weighted by molar-refractivity contribution is 5.24. The summed E-state index contributed by atoms with van der Waals surface area (Å²) in [6.45, 7) is 10.2. The van der Waals surface area contributed by atoms with Crippen molar-refractivity contribution in [2.75, 3.05) is 0 Å². The molecule has 0 saturated carbocycles. The number of hydrogen-bond acceptors (Lipinski definition) is 0. The second-order valence-corrected chi connectivity index (χ2v) is 10.7. The zero-order chi connectivity index (χ0) is 19.3. The maximum atomic E-state index is 9.67. The maximum absolute atomic E-state index is 9.67. The van der Waals surface area contributed by atoms with Crippen molar-refractivity contribution < 1.29 is 34.4 Å². The number of halogens is 4.